The Balaban J connectivity index is 1.59. The summed E-state index contributed by atoms with van der Waals surface area (Å²) >= 11 is 1.07. The van der Waals surface area contributed by atoms with Crippen LogP contribution < -0.4 is 10.7 Å². The number of alkyl halides is 3. The Morgan fingerprint density at radius 3 is 2.40 bits per heavy atom. The molecule has 0 aliphatic rings. The van der Waals surface area contributed by atoms with Crippen molar-refractivity contribution in [1.82, 2.24) is 9.36 Å². The van der Waals surface area contributed by atoms with Gasteiger partial charge in [-0.05, 0) is 29.8 Å². The summed E-state index contributed by atoms with van der Waals surface area (Å²) in [7, 11) is 0. The fraction of sp³-hybridized carbons (Fsp3) is 0.0625. The average molecular weight is 363 g/mol. The number of hydrogen-bond donors (Lipinski definition) is 2. The Morgan fingerprint density at radius 2 is 1.72 bits per heavy atom. The largest absolute Gasteiger partial charge is 0.416 e. The molecule has 0 saturated heterocycles. The van der Waals surface area contributed by atoms with E-state index in [-0.39, 0.29) is 0 Å². The Bertz CT molecular complexity index is 844. The van der Waals surface area contributed by atoms with Gasteiger partial charge in [0.2, 0.25) is 5.13 Å². The second kappa shape index (κ2) is 7.31. The highest BCUT2D eigenvalue weighted by Crippen LogP contribution is 2.30. The van der Waals surface area contributed by atoms with Crippen LogP contribution >= 0.6 is 11.5 Å². The van der Waals surface area contributed by atoms with E-state index in [0.29, 0.717) is 16.8 Å². The molecular formula is C16H12F3N5S. The number of rotatable bonds is 5. The van der Waals surface area contributed by atoms with Gasteiger partial charge in [-0.15, -0.1) is 4.37 Å². The Morgan fingerprint density at radius 1 is 1.00 bits per heavy atom. The molecule has 0 unspecified atom stereocenters. The first kappa shape index (κ1) is 16.9. The van der Waals surface area contributed by atoms with Crippen LogP contribution in [-0.2, 0) is 6.18 Å². The van der Waals surface area contributed by atoms with E-state index >= 15 is 0 Å². The van der Waals surface area contributed by atoms with Crippen molar-refractivity contribution < 1.29 is 13.2 Å². The summed E-state index contributed by atoms with van der Waals surface area (Å²) < 4.78 is 41.6. The van der Waals surface area contributed by atoms with Gasteiger partial charge in [-0.3, -0.25) is 0 Å². The number of hydrogen-bond acceptors (Lipinski definition) is 6. The van der Waals surface area contributed by atoms with Crippen LogP contribution in [0.4, 0.5) is 29.9 Å². The monoisotopic (exact) mass is 363 g/mol. The summed E-state index contributed by atoms with van der Waals surface area (Å²) in [6.07, 6.45) is -2.72. The van der Waals surface area contributed by atoms with Crippen LogP contribution in [0.1, 0.15) is 11.1 Å². The van der Waals surface area contributed by atoms with E-state index in [2.05, 4.69) is 25.2 Å². The summed E-state index contributed by atoms with van der Waals surface area (Å²) in [6.45, 7) is 0. The molecule has 1 aromatic heterocycles. The molecule has 0 aliphatic heterocycles. The van der Waals surface area contributed by atoms with Gasteiger partial charge in [0.15, 0.2) is 0 Å². The van der Waals surface area contributed by atoms with E-state index < -0.39 is 11.7 Å². The van der Waals surface area contributed by atoms with Crippen molar-refractivity contribution >= 4 is 34.5 Å². The first-order valence-electron chi connectivity index (χ1n) is 7.13. The van der Waals surface area contributed by atoms with Gasteiger partial charge in [-0.2, -0.15) is 23.3 Å². The van der Waals surface area contributed by atoms with Crippen molar-refractivity contribution in [1.29, 1.82) is 0 Å². The predicted molar refractivity (Wildman–Crippen MR) is 92.3 cm³/mol. The summed E-state index contributed by atoms with van der Waals surface area (Å²) in [5, 5.41) is 7.36. The van der Waals surface area contributed by atoms with Gasteiger partial charge < -0.3 is 5.32 Å². The number of nitrogens with zero attached hydrogens (tertiary/aromatic N) is 3. The van der Waals surface area contributed by atoms with E-state index in [1.54, 1.807) is 6.21 Å². The highest BCUT2D eigenvalue weighted by Gasteiger charge is 2.29. The molecule has 0 amide bonds. The molecular weight excluding hydrogens is 351 g/mol. The smallest absolute Gasteiger partial charge is 0.330 e. The normalized spacial score (nSPS) is 11.6. The van der Waals surface area contributed by atoms with Crippen molar-refractivity contribution in [3.05, 3.63) is 65.7 Å². The lowest BCUT2D eigenvalue weighted by atomic mass is 10.2. The molecule has 3 aromatic rings. The van der Waals surface area contributed by atoms with E-state index in [0.717, 1.165) is 29.2 Å². The van der Waals surface area contributed by atoms with Gasteiger partial charge in [0.1, 0.15) is 0 Å². The molecule has 0 bridgehead atoms. The standard InChI is InChI=1S/C16H12F3N5S/c17-16(18,19)12-6-8-13(9-7-12)21-15-22-14(24-25-15)23-20-10-11-4-2-1-3-5-11/h1-10H,(H2,21,22,23,24)/b20-10+. The highest BCUT2D eigenvalue weighted by molar-refractivity contribution is 7.10. The van der Waals surface area contributed by atoms with Gasteiger partial charge in [-0.25, -0.2) is 5.43 Å². The summed E-state index contributed by atoms with van der Waals surface area (Å²) in [5.41, 5.74) is 3.41. The molecule has 0 spiro atoms. The molecule has 0 fully saturated rings. The van der Waals surface area contributed by atoms with Crippen LogP contribution in [0.3, 0.4) is 0 Å². The summed E-state index contributed by atoms with van der Waals surface area (Å²) in [6, 6.07) is 14.2. The first-order chi connectivity index (χ1) is 12.0. The maximum Gasteiger partial charge on any atom is 0.416 e. The molecule has 2 aromatic carbocycles. The lowest BCUT2D eigenvalue weighted by molar-refractivity contribution is -0.137. The van der Waals surface area contributed by atoms with E-state index in [1.807, 2.05) is 30.3 Å². The molecule has 3 rings (SSSR count). The van der Waals surface area contributed by atoms with E-state index in [4.69, 9.17) is 0 Å². The molecule has 1 heterocycles. The third kappa shape index (κ3) is 4.77. The summed E-state index contributed by atoms with van der Waals surface area (Å²) in [4.78, 5) is 4.16. The van der Waals surface area contributed by atoms with Crippen molar-refractivity contribution in [2.75, 3.05) is 10.7 Å². The molecule has 25 heavy (non-hydrogen) atoms. The number of aromatic nitrogens is 2. The topological polar surface area (TPSA) is 62.2 Å². The van der Waals surface area contributed by atoms with Crippen LogP contribution in [-0.4, -0.2) is 15.6 Å². The Kier molecular flexibility index (Phi) is 4.94. The number of halogens is 3. The fourth-order valence-electron chi connectivity index (χ4n) is 1.89. The van der Waals surface area contributed by atoms with Gasteiger partial charge in [-0.1, -0.05) is 30.3 Å². The molecule has 128 valence electrons. The quantitative estimate of drug-likeness (QED) is 0.507. The minimum atomic E-state index is -4.35. The van der Waals surface area contributed by atoms with Crippen LogP contribution in [0, 0.1) is 0 Å². The number of nitrogens with one attached hydrogen (secondary N) is 2. The van der Waals surface area contributed by atoms with Gasteiger partial charge in [0.25, 0.3) is 5.95 Å². The van der Waals surface area contributed by atoms with Gasteiger partial charge in [0, 0.05) is 17.2 Å². The second-order valence-corrected chi connectivity index (χ2v) is 5.66. The van der Waals surface area contributed by atoms with Crippen molar-refractivity contribution in [2.45, 2.75) is 6.18 Å². The number of hydrazone groups is 1. The fourth-order valence-corrected chi connectivity index (χ4v) is 2.43. The Hall–Kier alpha value is -2.94. The van der Waals surface area contributed by atoms with Crippen LogP contribution in [0.15, 0.2) is 59.7 Å². The lowest BCUT2D eigenvalue weighted by Gasteiger charge is -2.07. The van der Waals surface area contributed by atoms with Gasteiger partial charge >= 0.3 is 6.18 Å². The first-order valence-corrected chi connectivity index (χ1v) is 7.90. The minimum Gasteiger partial charge on any atom is -0.330 e. The number of anilines is 3. The van der Waals surface area contributed by atoms with Crippen LogP contribution in [0.2, 0.25) is 0 Å². The predicted octanol–water partition coefficient (Wildman–Crippen LogP) is 4.75. The third-order valence-corrected chi connectivity index (χ3v) is 3.70. The average Bonchev–Trinajstić information content (AvgIpc) is 3.03. The second-order valence-electron chi connectivity index (χ2n) is 4.90. The summed E-state index contributed by atoms with van der Waals surface area (Å²) in [5.74, 6) is 0.298. The molecule has 2 N–H and O–H groups in total. The molecule has 5 nitrogen and oxygen atoms in total. The van der Waals surface area contributed by atoms with Crippen molar-refractivity contribution in [3.63, 3.8) is 0 Å². The maximum atomic E-state index is 12.5. The molecule has 0 atom stereocenters. The van der Waals surface area contributed by atoms with E-state index in [9.17, 15) is 13.2 Å². The minimum absolute atomic E-state index is 0.298. The van der Waals surface area contributed by atoms with Crippen LogP contribution in [0.5, 0.6) is 0 Å². The molecule has 0 aliphatic carbocycles. The van der Waals surface area contributed by atoms with Crippen LogP contribution in [0.25, 0.3) is 0 Å². The maximum absolute atomic E-state index is 12.5. The third-order valence-electron chi connectivity index (χ3n) is 3.07. The van der Waals surface area contributed by atoms with Crippen molar-refractivity contribution in [3.8, 4) is 0 Å². The van der Waals surface area contributed by atoms with E-state index in [1.165, 1.54) is 12.1 Å². The Labute approximate surface area is 145 Å². The lowest BCUT2D eigenvalue weighted by Crippen LogP contribution is -2.04. The van der Waals surface area contributed by atoms with Crippen molar-refractivity contribution in [2.24, 2.45) is 5.10 Å². The molecule has 9 heteroatoms. The zero-order valence-corrected chi connectivity index (χ0v) is 13.5. The number of benzene rings is 2. The zero-order chi connectivity index (χ0) is 17.7. The highest BCUT2D eigenvalue weighted by atomic mass is 32.1. The molecule has 0 saturated carbocycles. The molecule has 0 radical (unpaired) electrons. The zero-order valence-electron chi connectivity index (χ0n) is 12.7. The van der Waals surface area contributed by atoms with Gasteiger partial charge in [0.05, 0.1) is 11.8 Å². The SMILES string of the molecule is FC(F)(F)c1ccc(Nc2nc(N/N=C/c3ccccc3)ns2)cc1.